The van der Waals surface area contributed by atoms with E-state index in [1.807, 2.05) is 0 Å². The minimum Gasteiger partial charge on any atom is -0.377 e. The second kappa shape index (κ2) is 14.6. The number of unbranched alkanes of at least 4 members (excludes halogenated alkanes) is 1. The highest BCUT2D eigenvalue weighted by Gasteiger charge is 2.00. The number of hydrogen-bond acceptors (Lipinski definition) is 1. The van der Waals surface area contributed by atoms with Crippen LogP contribution in [-0.2, 0) is 0 Å². The van der Waals surface area contributed by atoms with Gasteiger partial charge in [0.25, 0.3) is 0 Å². The number of nitrogens with zero attached hydrogens (tertiary/aromatic N) is 1. The van der Waals surface area contributed by atoms with Crippen LogP contribution in [0.2, 0.25) is 0 Å². The maximum Gasteiger partial charge on any atom is 0.0207 e. The lowest BCUT2D eigenvalue weighted by Crippen LogP contribution is -2.15. The van der Waals surface area contributed by atoms with Crippen molar-refractivity contribution in [2.24, 2.45) is 0 Å². The molecule has 0 saturated heterocycles. The van der Waals surface area contributed by atoms with Gasteiger partial charge in [-0.15, -0.1) is 0 Å². The molecular weight excluding hydrogens is 218 g/mol. The van der Waals surface area contributed by atoms with E-state index in [1.54, 1.807) is 0 Å². The van der Waals surface area contributed by atoms with E-state index in [0.717, 1.165) is 0 Å². The SMILES string of the molecule is C1CCCCC1.CCC.CCCCN1C=CCC1. The fourth-order valence-electron chi connectivity index (χ4n) is 2.15. The van der Waals surface area contributed by atoms with Crippen LogP contribution in [0.5, 0.6) is 0 Å². The Kier molecular flexibility index (Phi) is 14.2. The molecular formula is C17H35N. The van der Waals surface area contributed by atoms with Crippen LogP contribution in [0, 0.1) is 0 Å². The van der Waals surface area contributed by atoms with E-state index in [0.29, 0.717) is 0 Å². The van der Waals surface area contributed by atoms with Crippen LogP contribution < -0.4 is 0 Å². The van der Waals surface area contributed by atoms with Gasteiger partial charge in [0.05, 0.1) is 0 Å². The smallest absolute Gasteiger partial charge is 0.0207 e. The zero-order valence-electron chi connectivity index (χ0n) is 13.1. The van der Waals surface area contributed by atoms with Crippen LogP contribution in [-0.4, -0.2) is 18.0 Å². The minimum atomic E-state index is 1.25. The third-order valence-corrected chi connectivity index (χ3v) is 3.20. The molecule has 2 rings (SSSR count). The average Bonchev–Trinajstić information content (AvgIpc) is 2.93. The van der Waals surface area contributed by atoms with Crippen LogP contribution in [0.25, 0.3) is 0 Å². The van der Waals surface area contributed by atoms with Crippen LogP contribution in [0.4, 0.5) is 0 Å². The molecule has 0 aromatic carbocycles. The Hall–Kier alpha value is -0.460. The monoisotopic (exact) mass is 253 g/mol. The van der Waals surface area contributed by atoms with Gasteiger partial charge in [0.15, 0.2) is 0 Å². The summed E-state index contributed by atoms with van der Waals surface area (Å²) < 4.78 is 0. The quantitative estimate of drug-likeness (QED) is 0.618. The van der Waals surface area contributed by atoms with E-state index in [4.69, 9.17) is 0 Å². The van der Waals surface area contributed by atoms with Crippen molar-refractivity contribution in [1.29, 1.82) is 0 Å². The van der Waals surface area contributed by atoms with Gasteiger partial charge in [-0.2, -0.15) is 0 Å². The molecule has 0 amide bonds. The molecule has 0 radical (unpaired) electrons. The molecule has 0 N–H and O–H groups in total. The first-order valence-electron chi connectivity index (χ1n) is 8.25. The molecule has 2 aliphatic rings. The lowest BCUT2D eigenvalue weighted by molar-refractivity contribution is 0.396. The first-order chi connectivity index (χ1) is 8.85. The third kappa shape index (κ3) is 12.0. The Bertz CT molecular complexity index is 159. The molecule has 0 aromatic rings. The van der Waals surface area contributed by atoms with Gasteiger partial charge in [-0.05, 0) is 19.0 Å². The van der Waals surface area contributed by atoms with Crippen molar-refractivity contribution in [3.8, 4) is 0 Å². The summed E-state index contributed by atoms with van der Waals surface area (Å²) in [5, 5.41) is 0. The highest BCUT2D eigenvalue weighted by molar-refractivity contribution is 4.90. The summed E-state index contributed by atoms with van der Waals surface area (Å²) in [6.45, 7) is 8.99. The Balaban J connectivity index is 0.000000278. The number of hydrogen-bond donors (Lipinski definition) is 0. The summed E-state index contributed by atoms with van der Waals surface area (Å²) in [7, 11) is 0. The second-order valence-electron chi connectivity index (χ2n) is 5.39. The largest absolute Gasteiger partial charge is 0.377 e. The Morgan fingerprint density at radius 1 is 0.889 bits per heavy atom. The predicted molar refractivity (Wildman–Crippen MR) is 83.9 cm³/mol. The summed E-state index contributed by atoms with van der Waals surface area (Å²) >= 11 is 0. The minimum absolute atomic E-state index is 1.25. The van der Waals surface area contributed by atoms with Crippen molar-refractivity contribution in [3.63, 3.8) is 0 Å². The fourth-order valence-corrected chi connectivity index (χ4v) is 2.15. The highest BCUT2D eigenvalue weighted by atomic mass is 15.1. The second-order valence-corrected chi connectivity index (χ2v) is 5.39. The molecule has 1 saturated carbocycles. The van der Waals surface area contributed by atoms with Crippen molar-refractivity contribution < 1.29 is 0 Å². The van der Waals surface area contributed by atoms with Crippen LogP contribution in [0.15, 0.2) is 12.3 Å². The molecule has 1 fully saturated rings. The molecule has 0 unspecified atom stereocenters. The van der Waals surface area contributed by atoms with Crippen molar-refractivity contribution >= 4 is 0 Å². The molecule has 108 valence electrons. The van der Waals surface area contributed by atoms with Crippen LogP contribution >= 0.6 is 0 Å². The van der Waals surface area contributed by atoms with Gasteiger partial charge in [-0.3, -0.25) is 0 Å². The zero-order chi connectivity index (χ0) is 13.5. The van der Waals surface area contributed by atoms with Gasteiger partial charge in [-0.25, -0.2) is 0 Å². The molecule has 0 spiro atoms. The summed E-state index contributed by atoms with van der Waals surface area (Å²) in [6.07, 6.45) is 18.6. The van der Waals surface area contributed by atoms with Gasteiger partial charge in [-0.1, -0.05) is 78.2 Å². The van der Waals surface area contributed by atoms with E-state index >= 15 is 0 Å². The maximum absolute atomic E-state index is 2.39. The Morgan fingerprint density at radius 2 is 1.39 bits per heavy atom. The molecule has 1 aliphatic carbocycles. The standard InChI is InChI=1S/C8H15N.C6H12.C3H8/c1-2-3-6-9-7-4-5-8-9;1-2-4-6-5-3-1;1-3-2/h4,7H,2-3,5-6,8H2,1H3;1-6H2;3H2,1-2H3. The van der Waals surface area contributed by atoms with E-state index in [1.165, 1.54) is 77.3 Å². The Labute approximate surface area is 116 Å². The van der Waals surface area contributed by atoms with Gasteiger partial charge in [0, 0.05) is 13.1 Å². The molecule has 1 heteroatoms. The number of rotatable bonds is 3. The van der Waals surface area contributed by atoms with E-state index in [2.05, 4.69) is 37.9 Å². The first-order valence-corrected chi connectivity index (χ1v) is 8.25. The van der Waals surface area contributed by atoms with Gasteiger partial charge < -0.3 is 4.90 Å². The van der Waals surface area contributed by atoms with Crippen LogP contribution in [0.1, 0.15) is 85.0 Å². The highest BCUT2D eigenvalue weighted by Crippen LogP contribution is 2.15. The first kappa shape index (κ1) is 17.5. The normalized spacial score (nSPS) is 17.6. The third-order valence-electron chi connectivity index (χ3n) is 3.20. The summed E-state index contributed by atoms with van der Waals surface area (Å²) in [6, 6.07) is 0. The van der Waals surface area contributed by atoms with E-state index < -0.39 is 0 Å². The predicted octanol–water partition coefficient (Wildman–Crippen LogP) is 5.76. The van der Waals surface area contributed by atoms with E-state index in [9.17, 15) is 0 Å². The topological polar surface area (TPSA) is 3.24 Å². The van der Waals surface area contributed by atoms with E-state index in [-0.39, 0.29) is 0 Å². The van der Waals surface area contributed by atoms with Crippen molar-refractivity contribution in [1.82, 2.24) is 4.90 Å². The van der Waals surface area contributed by atoms with Gasteiger partial charge in [0.1, 0.15) is 0 Å². The van der Waals surface area contributed by atoms with Crippen molar-refractivity contribution in [2.45, 2.75) is 85.0 Å². The van der Waals surface area contributed by atoms with Crippen LogP contribution in [0.3, 0.4) is 0 Å². The molecule has 1 heterocycles. The molecule has 18 heavy (non-hydrogen) atoms. The molecule has 0 aromatic heterocycles. The maximum atomic E-state index is 2.39. The molecule has 0 atom stereocenters. The lowest BCUT2D eigenvalue weighted by Gasteiger charge is -2.13. The van der Waals surface area contributed by atoms with Crippen molar-refractivity contribution in [3.05, 3.63) is 12.3 Å². The zero-order valence-corrected chi connectivity index (χ0v) is 13.1. The summed E-state index contributed by atoms with van der Waals surface area (Å²) in [5.41, 5.74) is 0. The van der Waals surface area contributed by atoms with Gasteiger partial charge in [0.2, 0.25) is 0 Å². The van der Waals surface area contributed by atoms with Crippen molar-refractivity contribution in [2.75, 3.05) is 13.1 Å². The Morgan fingerprint density at radius 3 is 1.72 bits per heavy atom. The summed E-state index contributed by atoms with van der Waals surface area (Å²) in [5.74, 6) is 0. The van der Waals surface area contributed by atoms with Gasteiger partial charge >= 0.3 is 0 Å². The fraction of sp³-hybridized carbons (Fsp3) is 0.882. The molecule has 1 aliphatic heterocycles. The average molecular weight is 253 g/mol. The molecule has 0 bridgehead atoms. The molecule has 1 nitrogen and oxygen atoms in total. The lowest BCUT2D eigenvalue weighted by atomic mass is 10.0. The summed E-state index contributed by atoms with van der Waals surface area (Å²) in [4.78, 5) is 2.39.